The molecule has 0 aromatic carbocycles. The molecule has 2 heterocycles. The van der Waals surface area contributed by atoms with Gasteiger partial charge in [-0.1, -0.05) is 18.7 Å². The Morgan fingerprint density at radius 3 is 2.67 bits per heavy atom. The van der Waals surface area contributed by atoms with Gasteiger partial charge < -0.3 is 15.3 Å². The first kappa shape index (κ1) is 16.3. The molecule has 21 heavy (non-hydrogen) atoms. The minimum Gasteiger partial charge on any atom is -0.396 e. The fourth-order valence-electron chi connectivity index (χ4n) is 2.29. The molecule has 1 atom stereocenters. The number of rotatable bonds is 7. The lowest BCUT2D eigenvalue weighted by molar-refractivity contribution is 0.289. The van der Waals surface area contributed by atoms with Crippen LogP contribution in [0.5, 0.6) is 0 Å². The Morgan fingerprint density at radius 1 is 1.24 bits per heavy atom. The number of nitrogens with zero attached hydrogens (tertiary/aromatic N) is 4. The number of aromatic nitrogens is 3. The second-order valence-electron chi connectivity index (χ2n) is 5.26. The zero-order chi connectivity index (χ0) is 15.1. The van der Waals surface area contributed by atoms with Crippen molar-refractivity contribution < 1.29 is 5.11 Å². The Balaban J connectivity index is 2.16. The molecule has 7 heteroatoms. The third-order valence-electron chi connectivity index (χ3n) is 3.42. The average Bonchev–Trinajstić information content (AvgIpc) is 2.48. The van der Waals surface area contributed by atoms with Crippen molar-refractivity contribution in [3.05, 3.63) is 0 Å². The van der Waals surface area contributed by atoms with E-state index in [9.17, 15) is 0 Å². The quantitative estimate of drug-likeness (QED) is 0.747. The van der Waals surface area contributed by atoms with Gasteiger partial charge in [-0.2, -0.15) is 15.0 Å². The first-order valence-corrected chi connectivity index (χ1v) is 8.63. The predicted octanol–water partition coefficient (Wildman–Crippen LogP) is 2.16. The summed E-state index contributed by atoms with van der Waals surface area (Å²) >= 11 is 1.60. The minimum atomic E-state index is 0.193. The second-order valence-corrected chi connectivity index (χ2v) is 6.67. The van der Waals surface area contributed by atoms with Crippen LogP contribution in [0.2, 0.25) is 0 Å². The van der Waals surface area contributed by atoms with Gasteiger partial charge in [-0.25, -0.2) is 0 Å². The lowest BCUT2D eigenvalue weighted by Gasteiger charge is -2.27. The molecule has 1 aliphatic rings. The van der Waals surface area contributed by atoms with E-state index in [1.54, 1.807) is 11.8 Å². The van der Waals surface area contributed by atoms with E-state index >= 15 is 0 Å². The van der Waals surface area contributed by atoms with Gasteiger partial charge in [0, 0.05) is 31.5 Å². The monoisotopic (exact) mass is 311 g/mol. The number of thioether (sulfide) groups is 1. The fraction of sp³-hybridized carbons (Fsp3) is 0.786. The largest absolute Gasteiger partial charge is 0.396 e. The van der Waals surface area contributed by atoms with Crippen molar-refractivity contribution >= 4 is 23.7 Å². The van der Waals surface area contributed by atoms with Gasteiger partial charge >= 0.3 is 0 Å². The Labute approximate surface area is 130 Å². The standard InChI is InChI=1S/C14H25N5OS/c1-3-15-12-16-13(19-8-5-4-6-9-19)18-14(17-12)21-11(2)7-10-20/h11,20H,3-10H2,1-2H3,(H,15,16,17,18). The zero-order valence-electron chi connectivity index (χ0n) is 12.9. The molecule has 118 valence electrons. The first-order chi connectivity index (χ1) is 10.2. The van der Waals surface area contributed by atoms with Crippen LogP contribution in [0, 0.1) is 0 Å². The number of hydrogen-bond donors (Lipinski definition) is 2. The van der Waals surface area contributed by atoms with Crippen LogP contribution in [-0.2, 0) is 0 Å². The van der Waals surface area contributed by atoms with Crippen molar-refractivity contribution in [1.82, 2.24) is 15.0 Å². The highest BCUT2D eigenvalue weighted by Gasteiger charge is 2.17. The number of nitrogens with one attached hydrogen (secondary N) is 1. The van der Waals surface area contributed by atoms with E-state index in [2.05, 4.69) is 32.1 Å². The van der Waals surface area contributed by atoms with Crippen molar-refractivity contribution in [2.24, 2.45) is 0 Å². The summed E-state index contributed by atoms with van der Waals surface area (Å²) in [7, 11) is 0. The third kappa shape index (κ3) is 5.00. The maximum Gasteiger partial charge on any atom is 0.231 e. The summed E-state index contributed by atoms with van der Waals surface area (Å²) in [6.45, 7) is 7.14. The van der Waals surface area contributed by atoms with Crippen molar-refractivity contribution in [1.29, 1.82) is 0 Å². The van der Waals surface area contributed by atoms with Gasteiger partial charge in [0.25, 0.3) is 0 Å². The Kier molecular flexibility index (Phi) is 6.50. The smallest absolute Gasteiger partial charge is 0.231 e. The molecule has 1 aromatic heterocycles. The lowest BCUT2D eigenvalue weighted by atomic mass is 10.1. The van der Waals surface area contributed by atoms with E-state index in [1.807, 2.05) is 6.92 Å². The molecule has 2 rings (SSSR count). The number of anilines is 2. The van der Waals surface area contributed by atoms with Gasteiger partial charge in [0.05, 0.1) is 0 Å². The van der Waals surface area contributed by atoms with Gasteiger partial charge in [-0.15, -0.1) is 0 Å². The number of piperidine rings is 1. The molecule has 1 aliphatic heterocycles. The van der Waals surface area contributed by atoms with Crippen LogP contribution in [0.4, 0.5) is 11.9 Å². The fourth-order valence-corrected chi connectivity index (χ4v) is 3.15. The molecular weight excluding hydrogens is 286 g/mol. The maximum atomic E-state index is 9.02. The molecule has 0 spiro atoms. The zero-order valence-corrected chi connectivity index (χ0v) is 13.7. The lowest BCUT2D eigenvalue weighted by Crippen LogP contribution is -2.31. The highest BCUT2D eigenvalue weighted by atomic mass is 32.2. The van der Waals surface area contributed by atoms with Crippen molar-refractivity contribution in [3.63, 3.8) is 0 Å². The molecule has 0 bridgehead atoms. The summed E-state index contributed by atoms with van der Waals surface area (Å²) in [6.07, 6.45) is 4.43. The summed E-state index contributed by atoms with van der Waals surface area (Å²) in [5.74, 6) is 1.42. The molecule has 1 aromatic rings. The highest BCUT2D eigenvalue weighted by Crippen LogP contribution is 2.25. The van der Waals surface area contributed by atoms with E-state index in [0.717, 1.165) is 37.2 Å². The van der Waals surface area contributed by atoms with Crippen LogP contribution in [0.1, 0.15) is 39.5 Å². The van der Waals surface area contributed by atoms with E-state index in [1.165, 1.54) is 19.3 Å². The summed E-state index contributed by atoms with van der Waals surface area (Å²) < 4.78 is 0. The van der Waals surface area contributed by atoms with Crippen molar-refractivity contribution in [2.45, 2.75) is 49.9 Å². The number of aliphatic hydroxyl groups excluding tert-OH is 1. The number of aliphatic hydroxyl groups is 1. The normalized spacial score (nSPS) is 16.8. The van der Waals surface area contributed by atoms with Crippen molar-refractivity contribution in [3.8, 4) is 0 Å². The average molecular weight is 311 g/mol. The van der Waals surface area contributed by atoms with Gasteiger partial charge in [-0.3, -0.25) is 0 Å². The van der Waals surface area contributed by atoms with Gasteiger partial charge in [0.1, 0.15) is 0 Å². The maximum absolute atomic E-state index is 9.02. The Hall–Kier alpha value is -1.08. The van der Waals surface area contributed by atoms with Crippen LogP contribution >= 0.6 is 11.8 Å². The second kappa shape index (κ2) is 8.38. The molecule has 0 saturated carbocycles. The molecule has 0 amide bonds. The van der Waals surface area contributed by atoms with E-state index in [4.69, 9.17) is 5.11 Å². The van der Waals surface area contributed by atoms with Crippen LogP contribution in [-0.4, -0.2) is 51.5 Å². The van der Waals surface area contributed by atoms with Crippen LogP contribution in [0.25, 0.3) is 0 Å². The minimum absolute atomic E-state index is 0.193. The SMILES string of the molecule is CCNc1nc(SC(C)CCO)nc(N2CCCCC2)n1. The van der Waals surface area contributed by atoms with Crippen LogP contribution in [0.15, 0.2) is 5.16 Å². The topological polar surface area (TPSA) is 74.2 Å². The molecule has 1 saturated heterocycles. The molecule has 1 fully saturated rings. The summed E-state index contributed by atoms with van der Waals surface area (Å²) in [4.78, 5) is 15.8. The third-order valence-corrected chi connectivity index (χ3v) is 4.45. The van der Waals surface area contributed by atoms with E-state index < -0.39 is 0 Å². The number of hydrogen-bond acceptors (Lipinski definition) is 7. The summed E-state index contributed by atoms with van der Waals surface area (Å²) in [6, 6.07) is 0. The molecule has 0 radical (unpaired) electrons. The van der Waals surface area contributed by atoms with Crippen molar-refractivity contribution in [2.75, 3.05) is 36.5 Å². The summed E-state index contributed by atoms with van der Waals surface area (Å²) in [5.41, 5.74) is 0. The molecule has 1 unspecified atom stereocenters. The van der Waals surface area contributed by atoms with E-state index in [-0.39, 0.29) is 6.61 Å². The van der Waals surface area contributed by atoms with Gasteiger partial charge in [0.15, 0.2) is 5.16 Å². The molecular formula is C14H25N5OS. The molecule has 0 aliphatic carbocycles. The Bertz CT molecular complexity index is 439. The first-order valence-electron chi connectivity index (χ1n) is 7.75. The Morgan fingerprint density at radius 2 is 2.00 bits per heavy atom. The molecule has 2 N–H and O–H groups in total. The summed E-state index contributed by atoms with van der Waals surface area (Å²) in [5, 5.41) is 13.2. The van der Waals surface area contributed by atoms with Gasteiger partial charge in [0.2, 0.25) is 11.9 Å². The highest BCUT2D eigenvalue weighted by molar-refractivity contribution is 7.99. The molecule has 6 nitrogen and oxygen atoms in total. The van der Waals surface area contributed by atoms with E-state index in [0.29, 0.717) is 11.2 Å². The van der Waals surface area contributed by atoms with Crippen LogP contribution in [0.3, 0.4) is 0 Å². The predicted molar refractivity (Wildman–Crippen MR) is 87.1 cm³/mol. The van der Waals surface area contributed by atoms with Crippen LogP contribution < -0.4 is 10.2 Å². The van der Waals surface area contributed by atoms with Gasteiger partial charge in [-0.05, 0) is 32.6 Å².